The molecule has 1 rings (SSSR count). The summed E-state index contributed by atoms with van der Waals surface area (Å²) in [6.07, 6.45) is 1.14. The van der Waals surface area contributed by atoms with Crippen LogP contribution in [0.4, 0.5) is 0 Å². The second-order valence-corrected chi connectivity index (χ2v) is 2.38. The van der Waals surface area contributed by atoms with Gasteiger partial charge in [0.1, 0.15) is 0 Å². The lowest BCUT2D eigenvalue weighted by Crippen LogP contribution is -1.85. The Kier molecular flexibility index (Phi) is 1.39. The minimum absolute atomic E-state index is 0.303. The molecule has 46 valence electrons. The van der Waals surface area contributed by atoms with Crippen LogP contribution >= 0.6 is 0 Å². The average molecular weight is 112 g/mol. The number of aliphatic hydroxyl groups excluding tert-OH is 1. The molecule has 0 aliphatic heterocycles. The van der Waals surface area contributed by atoms with Crippen LogP contribution in [0.2, 0.25) is 0 Å². The van der Waals surface area contributed by atoms with Gasteiger partial charge in [0.2, 0.25) is 0 Å². The Bertz CT molecular complexity index is 95.0. The van der Waals surface area contributed by atoms with Crippen LogP contribution in [0.15, 0.2) is 12.2 Å². The first-order valence-corrected chi connectivity index (χ1v) is 3.10. The molecule has 0 aromatic rings. The predicted molar refractivity (Wildman–Crippen MR) is 33.5 cm³/mol. The maximum Gasteiger partial charge on any atom is 0.0502 e. The summed E-state index contributed by atoms with van der Waals surface area (Å²) in [6, 6.07) is 0. The molecule has 1 aliphatic rings. The molecular weight excluding hydrogens is 100 g/mol. The van der Waals surface area contributed by atoms with Gasteiger partial charge in [-0.05, 0) is 12.3 Å². The van der Waals surface area contributed by atoms with Crippen molar-refractivity contribution in [2.75, 3.05) is 6.61 Å². The number of hydrogen-bond acceptors (Lipinski definition) is 1. The Morgan fingerprint density at radius 3 is 2.38 bits per heavy atom. The molecule has 0 amide bonds. The molecular formula is C7H12O. The zero-order chi connectivity index (χ0) is 6.15. The van der Waals surface area contributed by atoms with Crippen molar-refractivity contribution in [3.8, 4) is 0 Å². The molecule has 1 saturated carbocycles. The molecule has 1 heteroatoms. The lowest BCUT2D eigenvalue weighted by atomic mass is 10.3. The van der Waals surface area contributed by atoms with Crippen LogP contribution in [0, 0.1) is 11.8 Å². The average Bonchev–Trinajstić information content (AvgIpc) is 2.40. The summed E-state index contributed by atoms with van der Waals surface area (Å²) in [5.74, 6) is 1.08. The quantitative estimate of drug-likeness (QED) is 0.532. The second-order valence-electron chi connectivity index (χ2n) is 2.38. The van der Waals surface area contributed by atoms with Crippen molar-refractivity contribution in [2.45, 2.75) is 13.3 Å². The van der Waals surface area contributed by atoms with Gasteiger partial charge in [-0.2, -0.15) is 0 Å². The molecule has 2 unspecified atom stereocenters. The highest BCUT2D eigenvalue weighted by Crippen LogP contribution is 2.45. The van der Waals surface area contributed by atoms with Crippen molar-refractivity contribution in [1.82, 2.24) is 0 Å². The molecule has 0 radical (unpaired) electrons. The van der Waals surface area contributed by atoms with Gasteiger partial charge in [-0.25, -0.2) is 0 Å². The fourth-order valence-electron chi connectivity index (χ4n) is 1.24. The van der Waals surface area contributed by atoms with Crippen molar-refractivity contribution in [3.63, 3.8) is 0 Å². The van der Waals surface area contributed by atoms with E-state index in [1.54, 1.807) is 0 Å². The highest BCUT2D eigenvalue weighted by Gasteiger charge is 2.39. The lowest BCUT2D eigenvalue weighted by Gasteiger charge is -1.83. The van der Waals surface area contributed by atoms with E-state index < -0.39 is 0 Å². The van der Waals surface area contributed by atoms with Gasteiger partial charge >= 0.3 is 0 Å². The monoisotopic (exact) mass is 112 g/mol. The van der Waals surface area contributed by atoms with E-state index in [0.717, 1.165) is 6.42 Å². The summed E-state index contributed by atoms with van der Waals surface area (Å²) < 4.78 is 0. The standard InChI is InChI=1S/C7H12O/c1-3-6-5(2)7(6)4-8/h6-8H,2-4H2,1H3. The van der Waals surface area contributed by atoms with Crippen LogP contribution in [-0.2, 0) is 0 Å². The minimum Gasteiger partial charge on any atom is -0.396 e. The summed E-state index contributed by atoms with van der Waals surface area (Å²) in [5.41, 5.74) is 1.25. The van der Waals surface area contributed by atoms with Gasteiger partial charge in [0.25, 0.3) is 0 Å². The summed E-state index contributed by atoms with van der Waals surface area (Å²) in [5, 5.41) is 8.62. The number of rotatable bonds is 2. The van der Waals surface area contributed by atoms with Crippen LogP contribution in [0.5, 0.6) is 0 Å². The highest BCUT2D eigenvalue weighted by atomic mass is 16.3. The fourth-order valence-corrected chi connectivity index (χ4v) is 1.24. The molecule has 0 aromatic carbocycles. The van der Waals surface area contributed by atoms with Crippen LogP contribution in [-0.4, -0.2) is 11.7 Å². The van der Waals surface area contributed by atoms with E-state index in [4.69, 9.17) is 5.11 Å². The summed E-state index contributed by atoms with van der Waals surface area (Å²) in [7, 11) is 0. The van der Waals surface area contributed by atoms with Gasteiger partial charge in [-0.3, -0.25) is 0 Å². The largest absolute Gasteiger partial charge is 0.396 e. The Balaban J connectivity index is 2.34. The Labute approximate surface area is 50.0 Å². The maximum atomic E-state index is 8.62. The van der Waals surface area contributed by atoms with E-state index in [9.17, 15) is 0 Å². The van der Waals surface area contributed by atoms with Gasteiger partial charge < -0.3 is 5.11 Å². The zero-order valence-corrected chi connectivity index (χ0v) is 5.22. The van der Waals surface area contributed by atoms with E-state index in [0.29, 0.717) is 18.4 Å². The molecule has 8 heavy (non-hydrogen) atoms. The third-order valence-electron chi connectivity index (χ3n) is 1.97. The normalized spacial score (nSPS) is 35.5. The minimum atomic E-state index is 0.303. The summed E-state index contributed by atoms with van der Waals surface area (Å²) >= 11 is 0. The van der Waals surface area contributed by atoms with E-state index >= 15 is 0 Å². The molecule has 0 saturated heterocycles. The van der Waals surface area contributed by atoms with E-state index in [-0.39, 0.29) is 0 Å². The van der Waals surface area contributed by atoms with Crippen LogP contribution in [0.1, 0.15) is 13.3 Å². The van der Waals surface area contributed by atoms with Gasteiger partial charge in [0.15, 0.2) is 0 Å². The molecule has 1 fully saturated rings. The Hall–Kier alpha value is -0.300. The summed E-state index contributed by atoms with van der Waals surface area (Å²) in [6.45, 7) is 6.24. The van der Waals surface area contributed by atoms with E-state index in [1.165, 1.54) is 5.57 Å². The first-order valence-electron chi connectivity index (χ1n) is 3.10. The maximum absolute atomic E-state index is 8.62. The van der Waals surface area contributed by atoms with E-state index in [2.05, 4.69) is 13.5 Å². The van der Waals surface area contributed by atoms with Crippen molar-refractivity contribution in [2.24, 2.45) is 11.8 Å². The summed E-state index contributed by atoms with van der Waals surface area (Å²) in [4.78, 5) is 0. The fraction of sp³-hybridized carbons (Fsp3) is 0.714. The SMILES string of the molecule is C=C1C(CC)C1CO. The van der Waals surface area contributed by atoms with Crippen molar-refractivity contribution in [1.29, 1.82) is 0 Å². The van der Waals surface area contributed by atoms with Gasteiger partial charge in [0.05, 0.1) is 6.61 Å². The van der Waals surface area contributed by atoms with Gasteiger partial charge in [-0.15, -0.1) is 0 Å². The molecule has 2 atom stereocenters. The topological polar surface area (TPSA) is 20.2 Å². The lowest BCUT2D eigenvalue weighted by molar-refractivity contribution is 0.271. The molecule has 1 aliphatic carbocycles. The van der Waals surface area contributed by atoms with Crippen molar-refractivity contribution >= 4 is 0 Å². The second kappa shape index (κ2) is 1.90. The van der Waals surface area contributed by atoms with Crippen molar-refractivity contribution < 1.29 is 5.11 Å². The third kappa shape index (κ3) is 0.671. The number of hydrogen-bond donors (Lipinski definition) is 1. The van der Waals surface area contributed by atoms with Gasteiger partial charge in [-0.1, -0.05) is 19.1 Å². The van der Waals surface area contributed by atoms with Gasteiger partial charge in [0, 0.05) is 5.92 Å². The highest BCUT2D eigenvalue weighted by molar-refractivity contribution is 5.25. The van der Waals surface area contributed by atoms with Crippen molar-refractivity contribution in [3.05, 3.63) is 12.2 Å². The van der Waals surface area contributed by atoms with E-state index in [1.807, 2.05) is 0 Å². The molecule has 0 aromatic heterocycles. The van der Waals surface area contributed by atoms with Crippen LogP contribution in [0.25, 0.3) is 0 Å². The first-order chi connectivity index (χ1) is 3.81. The van der Waals surface area contributed by atoms with Crippen LogP contribution < -0.4 is 0 Å². The zero-order valence-electron chi connectivity index (χ0n) is 5.22. The molecule has 1 nitrogen and oxygen atoms in total. The predicted octanol–water partition coefficient (Wildman–Crippen LogP) is 1.19. The molecule has 0 bridgehead atoms. The molecule has 0 spiro atoms. The Morgan fingerprint density at radius 2 is 2.25 bits per heavy atom. The third-order valence-corrected chi connectivity index (χ3v) is 1.97. The number of aliphatic hydroxyl groups is 1. The molecule has 0 heterocycles. The smallest absolute Gasteiger partial charge is 0.0502 e. The molecule has 1 N–H and O–H groups in total. The van der Waals surface area contributed by atoms with Crippen LogP contribution in [0.3, 0.4) is 0 Å². The first kappa shape index (κ1) is 5.83. The Morgan fingerprint density at radius 1 is 1.62 bits per heavy atom.